The van der Waals surface area contributed by atoms with Crippen molar-refractivity contribution in [2.45, 2.75) is 13.8 Å². The lowest BCUT2D eigenvalue weighted by Crippen LogP contribution is -2.13. The van der Waals surface area contributed by atoms with Gasteiger partial charge in [-0.3, -0.25) is 0 Å². The Bertz CT molecular complexity index is 849. The molecule has 0 unspecified atom stereocenters. The Balaban J connectivity index is 1.91. The van der Waals surface area contributed by atoms with Crippen LogP contribution in [0.1, 0.15) is 11.3 Å². The van der Waals surface area contributed by atoms with Crippen LogP contribution >= 0.6 is 15.9 Å². The molecule has 0 aliphatic rings. The summed E-state index contributed by atoms with van der Waals surface area (Å²) < 4.78 is 1.06. The highest BCUT2D eigenvalue weighted by atomic mass is 79.9. The minimum Gasteiger partial charge on any atom is -0.329 e. The normalized spacial score (nSPS) is 10.5. The van der Waals surface area contributed by atoms with Gasteiger partial charge in [0.05, 0.1) is 0 Å². The van der Waals surface area contributed by atoms with Gasteiger partial charge in [-0.25, -0.2) is 4.98 Å². The number of hydrogen-bond acceptors (Lipinski definition) is 4. The Hall–Kier alpha value is -2.40. The van der Waals surface area contributed by atoms with Crippen molar-refractivity contribution in [2.75, 3.05) is 17.3 Å². The summed E-state index contributed by atoms with van der Waals surface area (Å²) in [5, 5.41) is 3.32. The third-order valence-corrected chi connectivity index (χ3v) is 4.26. The predicted octanol–water partition coefficient (Wildman–Crippen LogP) is 5.37. The standard InChI is InChI=1S/C19H19BrN4/c1-13-11-15(20)9-10-17(13)22-19-21-14(2)12-18(23-19)24(3)16-7-5-4-6-8-16/h4-12H,1-3H3,(H,21,22,23). The minimum absolute atomic E-state index is 0.596. The minimum atomic E-state index is 0.596. The van der Waals surface area contributed by atoms with Crippen molar-refractivity contribution >= 4 is 39.1 Å². The van der Waals surface area contributed by atoms with E-state index in [9.17, 15) is 0 Å². The second-order valence-corrected chi connectivity index (χ2v) is 6.59. The molecule has 3 rings (SSSR count). The third kappa shape index (κ3) is 3.74. The maximum absolute atomic E-state index is 4.66. The summed E-state index contributed by atoms with van der Waals surface area (Å²) in [5.41, 5.74) is 4.13. The fourth-order valence-corrected chi connectivity index (χ4v) is 2.93. The highest BCUT2D eigenvalue weighted by molar-refractivity contribution is 9.10. The van der Waals surface area contributed by atoms with Crippen molar-refractivity contribution < 1.29 is 0 Å². The molecule has 0 bridgehead atoms. The molecular weight excluding hydrogens is 364 g/mol. The molecule has 5 heteroatoms. The van der Waals surface area contributed by atoms with Crippen molar-refractivity contribution in [2.24, 2.45) is 0 Å². The molecule has 2 aromatic carbocycles. The Kier molecular flexibility index (Phi) is 4.81. The predicted molar refractivity (Wildman–Crippen MR) is 103 cm³/mol. The Morgan fingerprint density at radius 2 is 1.71 bits per heavy atom. The largest absolute Gasteiger partial charge is 0.329 e. The quantitative estimate of drug-likeness (QED) is 0.658. The van der Waals surface area contributed by atoms with Crippen molar-refractivity contribution in [1.82, 2.24) is 9.97 Å². The van der Waals surface area contributed by atoms with Gasteiger partial charge in [-0.1, -0.05) is 34.1 Å². The summed E-state index contributed by atoms with van der Waals surface area (Å²) in [6.07, 6.45) is 0. The Morgan fingerprint density at radius 3 is 2.42 bits per heavy atom. The van der Waals surface area contributed by atoms with Gasteiger partial charge in [0, 0.05) is 34.7 Å². The smallest absolute Gasteiger partial charge is 0.229 e. The van der Waals surface area contributed by atoms with Gasteiger partial charge in [-0.2, -0.15) is 4.98 Å². The Morgan fingerprint density at radius 1 is 0.958 bits per heavy atom. The van der Waals surface area contributed by atoms with Gasteiger partial charge in [-0.05, 0) is 49.7 Å². The van der Waals surface area contributed by atoms with Gasteiger partial charge in [0.25, 0.3) is 0 Å². The lowest BCUT2D eigenvalue weighted by molar-refractivity contribution is 1.05. The molecule has 0 aliphatic carbocycles. The molecule has 0 aliphatic heterocycles. The summed E-state index contributed by atoms with van der Waals surface area (Å²) in [6.45, 7) is 4.03. The lowest BCUT2D eigenvalue weighted by Gasteiger charge is -2.19. The first-order chi connectivity index (χ1) is 11.5. The summed E-state index contributed by atoms with van der Waals surface area (Å²) >= 11 is 3.48. The highest BCUT2D eigenvalue weighted by Gasteiger charge is 2.09. The average molecular weight is 383 g/mol. The molecule has 4 nitrogen and oxygen atoms in total. The molecule has 0 saturated carbocycles. The van der Waals surface area contributed by atoms with Gasteiger partial charge < -0.3 is 10.2 Å². The van der Waals surface area contributed by atoms with Gasteiger partial charge in [0.15, 0.2) is 0 Å². The number of aromatic nitrogens is 2. The summed E-state index contributed by atoms with van der Waals surface area (Å²) in [7, 11) is 2.01. The van der Waals surface area contributed by atoms with E-state index in [0.29, 0.717) is 5.95 Å². The number of rotatable bonds is 4. The molecule has 1 N–H and O–H groups in total. The maximum atomic E-state index is 4.66. The van der Waals surface area contributed by atoms with Crippen LogP contribution in [0.2, 0.25) is 0 Å². The van der Waals surface area contributed by atoms with Crippen LogP contribution in [-0.2, 0) is 0 Å². The van der Waals surface area contributed by atoms with Crippen molar-refractivity contribution in [3.8, 4) is 0 Å². The Labute approximate surface area is 150 Å². The molecule has 1 heterocycles. The molecular formula is C19H19BrN4. The molecule has 122 valence electrons. The van der Waals surface area contributed by atoms with Crippen molar-refractivity contribution in [1.29, 1.82) is 0 Å². The molecule has 0 fully saturated rings. The van der Waals surface area contributed by atoms with Crippen molar-refractivity contribution in [3.63, 3.8) is 0 Å². The lowest BCUT2D eigenvalue weighted by atomic mass is 10.2. The molecule has 0 amide bonds. The monoisotopic (exact) mass is 382 g/mol. The highest BCUT2D eigenvalue weighted by Crippen LogP contribution is 2.26. The molecule has 3 aromatic rings. The van der Waals surface area contributed by atoms with E-state index in [-0.39, 0.29) is 0 Å². The zero-order valence-corrected chi connectivity index (χ0v) is 15.5. The van der Waals surface area contributed by atoms with E-state index in [2.05, 4.69) is 56.3 Å². The van der Waals surface area contributed by atoms with Crippen LogP contribution in [0.3, 0.4) is 0 Å². The molecule has 1 aromatic heterocycles. The number of anilines is 4. The first kappa shape index (κ1) is 16.5. The second kappa shape index (κ2) is 7.01. The number of para-hydroxylation sites is 1. The number of hydrogen-bond donors (Lipinski definition) is 1. The van der Waals surface area contributed by atoms with Crippen LogP contribution in [-0.4, -0.2) is 17.0 Å². The van der Waals surface area contributed by atoms with Gasteiger partial charge >= 0.3 is 0 Å². The number of halogens is 1. The van der Waals surface area contributed by atoms with E-state index in [0.717, 1.165) is 32.9 Å². The van der Waals surface area contributed by atoms with E-state index >= 15 is 0 Å². The van der Waals surface area contributed by atoms with E-state index in [4.69, 9.17) is 0 Å². The fraction of sp³-hybridized carbons (Fsp3) is 0.158. The average Bonchev–Trinajstić information content (AvgIpc) is 2.57. The van der Waals surface area contributed by atoms with Crippen LogP contribution in [0.15, 0.2) is 59.1 Å². The number of nitrogens with zero attached hydrogens (tertiary/aromatic N) is 3. The zero-order valence-electron chi connectivity index (χ0n) is 13.9. The molecule has 0 radical (unpaired) electrons. The first-order valence-electron chi connectivity index (χ1n) is 7.70. The van der Waals surface area contributed by atoms with Crippen molar-refractivity contribution in [3.05, 3.63) is 70.3 Å². The maximum Gasteiger partial charge on any atom is 0.229 e. The van der Waals surface area contributed by atoms with Crippen LogP contribution in [0, 0.1) is 13.8 Å². The van der Waals surface area contributed by atoms with Crippen LogP contribution < -0.4 is 10.2 Å². The van der Waals surface area contributed by atoms with Crippen LogP contribution in [0.25, 0.3) is 0 Å². The first-order valence-corrected chi connectivity index (χ1v) is 8.50. The van der Waals surface area contributed by atoms with E-state index in [1.807, 2.05) is 55.3 Å². The van der Waals surface area contributed by atoms with E-state index < -0.39 is 0 Å². The van der Waals surface area contributed by atoms with Gasteiger partial charge in [-0.15, -0.1) is 0 Å². The van der Waals surface area contributed by atoms with Gasteiger partial charge in [0.2, 0.25) is 5.95 Å². The molecule has 0 saturated heterocycles. The zero-order chi connectivity index (χ0) is 17.1. The van der Waals surface area contributed by atoms with E-state index in [1.54, 1.807) is 0 Å². The number of nitrogens with one attached hydrogen (secondary N) is 1. The number of benzene rings is 2. The third-order valence-electron chi connectivity index (χ3n) is 3.76. The second-order valence-electron chi connectivity index (χ2n) is 5.67. The molecule has 24 heavy (non-hydrogen) atoms. The molecule has 0 atom stereocenters. The molecule has 0 spiro atoms. The van der Waals surface area contributed by atoms with Gasteiger partial charge in [0.1, 0.15) is 5.82 Å². The SMILES string of the molecule is Cc1cc(N(C)c2ccccc2)nc(Nc2ccc(Br)cc2C)n1. The fourth-order valence-electron chi connectivity index (χ4n) is 2.45. The summed E-state index contributed by atoms with van der Waals surface area (Å²) in [4.78, 5) is 11.2. The summed E-state index contributed by atoms with van der Waals surface area (Å²) in [6, 6.07) is 18.2. The summed E-state index contributed by atoms with van der Waals surface area (Å²) in [5.74, 6) is 1.45. The number of aryl methyl sites for hydroxylation is 2. The van der Waals surface area contributed by atoms with E-state index in [1.165, 1.54) is 0 Å². The van der Waals surface area contributed by atoms with Crippen LogP contribution in [0.5, 0.6) is 0 Å². The van der Waals surface area contributed by atoms with Crippen LogP contribution in [0.4, 0.5) is 23.1 Å². The topological polar surface area (TPSA) is 41.1 Å².